The number of nitrogens with zero attached hydrogens (tertiary/aromatic N) is 1. The van der Waals surface area contributed by atoms with Crippen LogP contribution < -0.4 is 57.5 Å². The van der Waals surface area contributed by atoms with Crippen LogP contribution in [0.1, 0.15) is 84.3 Å². The van der Waals surface area contributed by atoms with Gasteiger partial charge in [0.2, 0.25) is 23.6 Å². The van der Waals surface area contributed by atoms with Crippen LogP contribution in [0.15, 0.2) is 48.5 Å². The second-order valence-corrected chi connectivity index (χ2v) is 24.4. The van der Waals surface area contributed by atoms with Crippen LogP contribution in [0, 0.1) is 41.4 Å². The third kappa shape index (κ3) is 28.2. The predicted octanol–water partition coefficient (Wildman–Crippen LogP) is 1.65. The minimum Gasteiger partial charge on any atom is -0.449 e. The first-order chi connectivity index (χ1) is 42.6. The fourth-order valence-corrected chi connectivity index (χ4v) is 10.7. The van der Waals surface area contributed by atoms with Crippen LogP contribution in [0.5, 0.6) is 0 Å². The van der Waals surface area contributed by atoms with E-state index in [1.807, 2.05) is 0 Å². The van der Waals surface area contributed by atoms with Crippen molar-refractivity contribution < 1.29 is 97.9 Å². The molecule has 0 spiro atoms. The van der Waals surface area contributed by atoms with E-state index in [1.54, 1.807) is 61.4 Å². The summed E-state index contributed by atoms with van der Waals surface area (Å²) in [6, 6.07) is 8.66. The number of carbonyl (C=O) groups is 10. The lowest BCUT2D eigenvalue weighted by molar-refractivity contribution is -0.128. The van der Waals surface area contributed by atoms with Crippen molar-refractivity contribution in [3.8, 4) is 11.8 Å². The molecular formula is C55H80N12O21S2. The fourth-order valence-electron chi connectivity index (χ4n) is 9.00. The highest BCUT2D eigenvalue weighted by atomic mass is 32.2. The van der Waals surface area contributed by atoms with E-state index < -0.39 is 150 Å². The molecule has 2 aromatic carbocycles. The molecule has 0 radical (unpaired) electrons. The van der Waals surface area contributed by atoms with E-state index in [0.717, 1.165) is 38.5 Å². The van der Waals surface area contributed by atoms with Crippen molar-refractivity contribution in [2.24, 2.45) is 41.1 Å². The summed E-state index contributed by atoms with van der Waals surface area (Å²) in [4.78, 5) is 125. The monoisotopic (exact) mass is 1310 g/mol. The summed E-state index contributed by atoms with van der Waals surface area (Å²) in [5, 5.41) is 14.8. The van der Waals surface area contributed by atoms with Gasteiger partial charge in [0.25, 0.3) is 0 Å². The van der Waals surface area contributed by atoms with Crippen molar-refractivity contribution in [3.05, 3.63) is 59.7 Å². The van der Waals surface area contributed by atoms with Gasteiger partial charge in [-0.2, -0.15) is 25.9 Å². The number of amides is 10. The Morgan fingerprint density at radius 3 is 1.57 bits per heavy atom. The molecule has 10 amide bonds. The fraction of sp³-hybridized carbons (Fsp3) is 0.564. The van der Waals surface area contributed by atoms with Crippen LogP contribution in [-0.4, -0.2) is 165 Å². The molecule has 13 N–H and O–H groups in total. The molecule has 2 aromatic rings. The van der Waals surface area contributed by atoms with Crippen molar-refractivity contribution in [1.82, 2.24) is 39.7 Å². The highest BCUT2D eigenvalue weighted by Crippen LogP contribution is 2.42. The summed E-state index contributed by atoms with van der Waals surface area (Å²) >= 11 is 0. The van der Waals surface area contributed by atoms with Gasteiger partial charge in [-0.1, -0.05) is 52.0 Å². The number of alkyl carbamates (subject to hydrolysis) is 2. The first kappa shape index (κ1) is 73.7. The maximum absolute atomic E-state index is 13.6. The zero-order valence-corrected chi connectivity index (χ0v) is 52.1. The topological polar surface area (TPSA) is 467 Å². The third-order valence-electron chi connectivity index (χ3n) is 13.6. The lowest BCUT2D eigenvalue weighted by Crippen LogP contribution is -2.54. The van der Waals surface area contributed by atoms with Gasteiger partial charge in [-0.25, -0.2) is 38.2 Å². The SMILES string of the molecule is CC(C)C(NC(=O)OCCN(CCOC(=O)NC(C(=O)N[C@@H](C)C(=O)Nc1ccc(COC(N)=O)cc1)C(C)C)S(=O)(=O)NC(=O)OCCOCCNS(=O)(=O)NC(=O)OCC1C[C@H]2CCC#CCC[C@H]2C1)C(=O)NCC(=O)Nc1ccc(COC(N)=O)cc1. The number of rotatable bonds is 34. The Morgan fingerprint density at radius 1 is 0.567 bits per heavy atom. The van der Waals surface area contributed by atoms with Crippen molar-refractivity contribution in [2.75, 3.05) is 76.5 Å². The zero-order chi connectivity index (χ0) is 66.4. The molecule has 90 heavy (non-hydrogen) atoms. The Hall–Kier alpha value is -8.72. The number of fused-ring (bicyclic) bond motifs is 1. The molecule has 2 aliphatic rings. The number of hydrogen-bond donors (Lipinski definition) is 11. The molecule has 33 nitrogen and oxygen atoms in total. The van der Waals surface area contributed by atoms with Gasteiger partial charge >= 0.3 is 57.0 Å². The van der Waals surface area contributed by atoms with Gasteiger partial charge in [-0.3, -0.25) is 19.2 Å². The Balaban J connectivity index is 1.28. The van der Waals surface area contributed by atoms with Crippen LogP contribution in [0.4, 0.5) is 40.1 Å². The lowest BCUT2D eigenvalue weighted by Gasteiger charge is -2.25. The number of benzene rings is 2. The number of anilines is 2. The van der Waals surface area contributed by atoms with E-state index >= 15 is 0 Å². The standard InChI is InChI=1S/C55H80N12O21S2/c1-34(2)45(48(70)58-30-44(68)61-42-16-12-37(13-17-42)31-86-50(56)72)63-52(74)83-24-21-67(22-25-84-53(75)64-46(35(3)4)49(71)60-36(5)47(69)62-43-18-14-38(15-19-43)32-87-51(57)73)90(80,81)66-55(77)85-27-26-82-23-20-59-89(78,79)65-54(76)88-33-39-28-40-10-8-6-7-9-11-41(40)29-39/h12-19,34-36,39-41,45-46,59H,8-11,20-33H2,1-5H3,(H2,56,72)(H2,57,73)(H,58,70)(H,60,71)(H,61,68)(H,62,69)(H,63,74)(H,64,75)(H,65,76)(H,66,77)/t36-,39?,40-,41+,45?,46?/m0/s1. The maximum Gasteiger partial charge on any atom is 0.422 e. The first-order valence-electron chi connectivity index (χ1n) is 28.6. The van der Waals surface area contributed by atoms with Gasteiger partial charge in [0.15, 0.2) is 0 Å². The number of nitrogens with two attached hydrogens (primary N) is 2. The molecule has 1 saturated carbocycles. The van der Waals surface area contributed by atoms with Crippen LogP contribution in [-0.2, 0) is 86.0 Å². The quantitative estimate of drug-likeness (QED) is 0.0269. The van der Waals surface area contributed by atoms with Crippen LogP contribution >= 0.6 is 0 Å². The van der Waals surface area contributed by atoms with Gasteiger partial charge in [-0.15, -0.1) is 11.8 Å². The summed E-state index contributed by atoms with van der Waals surface area (Å²) in [6.45, 7) is 2.60. The molecule has 2 aliphatic carbocycles. The number of hydrogen-bond acceptors (Lipinski definition) is 21. The molecule has 6 atom stereocenters. The minimum atomic E-state index is -4.94. The molecule has 35 heteroatoms. The highest BCUT2D eigenvalue weighted by molar-refractivity contribution is 7.88. The molecular weight excluding hydrogens is 1230 g/mol. The Morgan fingerprint density at radius 2 is 1.06 bits per heavy atom. The van der Waals surface area contributed by atoms with Crippen molar-refractivity contribution in [1.29, 1.82) is 0 Å². The summed E-state index contributed by atoms with van der Waals surface area (Å²) in [6.07, 6.45) is -1.68. The smallest absolute Gasteiger partial charge is 0.422 e. The molecule has 4 rings (SSSR count). The summed E-state index contributed by atoms with van der Waals surface area (Å²) < 4.78 is 93.5. The predicted molar refractivity (Wildman–Crippen MR) is 319 cm³/mol. The van der Waals surface area contributed by atoms with E-state index in [4.69, 9.17) is 44.6 Å². The van der Waals surface area contributed by atoms with Crippen LogP contribution in [0.3, 0.4) is 0 Å². The van der Waals surface area contributed by atoms with E-state index in [-0.39, 0.29) is 45.5 Å². The molecule has 498 valence electrons. The van der Waals surface area contributed by atoms with E-state index in [9.17, 15) is 64.8 Å². The molecule has 0 aliphatic heterocycles. The number of primary amides is 2. The van der Waals surface area contributed by atoms with E-state index in [2.05, 4.69) is 48.5 Å². The second kappa shape index (κ2) is 37.3. The Kier molecular flexibility index (Phi) is 30.6. The van der Waals surface area contributed by atoms with Crippen LogP contribution in [0.25, 0.3) is 0 Å². The summed E-state index contributed by atoms with van der Waals surface area (Å²) in [5.41, 5.74) is 11.8. The zero-order valence-electron chi connectivity index (χ0n) is 50.5. The summed E-state index contributed by atoms with van der Waals surface area (Å²) in [7, 11) is -9.29. The lowest BCUT2D eigenvalue weighted by atomic mass is 9.87. The molecule has 0 heterocycles. The second-order valence-electron chi connectivity index (χ2n) is 21.2. The van der Waals surface area contributed by atoms with Gasteiger partial charge in [0.1, 0.15) is 51.2 Å². The van der Waals surface area contributed by atoms with Gasteiger partial charge < -0.3 is 76.5 Å². The van der Waals surface area contributed by atoms with Gasteiger partial charge in [-0.05, 0) is 97.6 Å². The largest absolute Gasteiger partial charge is 0.449 e. The Labute approximate surface area is 521 Å². The number of ether oxygens (including phenoxy) is 7. The molecule has 0 saturated heterocycles. The van der Waals surface area contributed by atoms with Crippen molar-refractivity contribution >= 4 is 92.0 Å². The number of carbonyl (C=O) groups excluding carboxylic acids is 10. The van der Waals surface area contributed by atoms with E-state index in [1.165, 1.54) is 31.2 Å². The van der Waals surface area contributed by atoms with E-state index in [0.29, 0.717) is 38.6 Å². The minimum absolute atomic E-state index is 0.0639. The number of nitrogens with one attached hydrogen (secondary N) is 9. The first-order valence-corrected chi connectivity index (χ1v) is 31.5. The normalized spacial score (nSPS) is 16.3. The third-order valence-corrected chi connectivity index (χ3v) is 16.0. The Bertz CT molecular complexity index is 3050. The molecule has 0 aromatic heterocycles. The van der Waals surface area contributed by atoms with Crippen molar-refractivity contribution in [2.45, 2.75) is 104 Å². The average molecular weight is 1310 g/mol. The van der Waals surface area contributed by atoms with Crippen LogP contribution in [0.2, 0.25) is 0 Å². The van der Waals surface area contributed by atoms with Gasteiger partial charge in [0, 0.05) is 43.9 Å². The molecule has 1 fully saturated rings. The highest BCUT2D eigenvalue weighted by Gasteiger charge is 2.35. The maximum atomic E-state index is 13.6. The molecule has 3 unspecified atom stereocenters. The van der Waals surface area contributed by atoms with Gasteiger partial charge in [0.05, 0.1) is 26.4 Å². The summed E-state index contributed by atoms with van der Waals surface area (Å²) in [5.74, 6) is 3.35. The molecule has 0 bridgehead atoms. The average Bonchev–Trinajstić information content (AvgIpc) is 2.98. The van der Waals surface area contributed by atoms with Crippen molar-refractivity contribution in [3.63, 3.8) is 0 Å².